The molecule has 0 unspecified atom stereocenters. The van der Waals surface area contributed by atoms with E-state index in [1.165, 1.54) is 82.8 Å². The van der Waals surface area contributed by atoms with Crippen molar-refractivity contribution < 1.29 is 21.8 Å². The van der Waals surface area contributed by atoms with Gasteiger partial charge in [-0.1, -0.05) is 90.4 Å². The van der Waals surface area contributed by atoms with Crippen LogP contribution in [0.5, 0.6) is 5.75 Å². The summed E-state index contributed by atoms with van der Waals surface area (Å²) in [6.45, 7) is 2.54. The molecule has 0 N–H and O–H groups in total. The SMILES string of the molecule is CCCCCCCCCCCCCCCCOc1ccc(C(=O)Cl)cc1S(=O)(=O)F. The highest BCUT2D eigenvalue weighted by molar-refractivity contribution is 7.86. The Hall–Kier alpha value is -1.14. The lowest BCUT2D eigenvalue weighted by Gasteiger charge is -2.10. The minimum Gasteiger partial charge on any atom is -0.492 e. The fourth-order valence-corrected chi connectivity index (χ4v) is 4.17. The van der Waals surface area contributed by atoms with Gasteiger partial charge in [-0.3, -0.25) is 4.79 Å². The summed E-state index contributed by atoms with van der Waals surface area (Å²) < 4.78 is 41.5. The smallest absolute Gasteiger partial charge is 0.335 e. The van der Waals surface area contributed by atoms with Crippen LogP contribution in [-0.4, -0.2) is 20.3 Å². The maximum absolute atomic E-state index is 13.5. The molecular formula is C23H36ClFO4S. The fraction of sp³-hybridized carbons (Fsp3) is 0.696. The van der Waals surface area contributed by atoms with Crippen molar-refractivity contribution in [2.45, 2.75) is 102 Å². The Morgan fingerprint density at radius 1 is 0.867 bits per heavy atom. The number of unbranched alkanes of at least 4 members (excludes halogenated alkanes) is 13. The summed E-state index contributed by atoms with van der Waals surface area (Å²) in [6.07, 6.45) is 17.4. The number of hydrogen-bond donors (Lipinski definition) is 0. The highest BCUT2D eigenvalue weighted by atomic mass is 35.5. The van der Waals surface area contributed by atoms with E-state index >= 15 is 0 Å². The zero-order valence-corrected chi connectivity index (χ0v) is 19.7. The first-order chi connectivity index (χ1) is 14.4. The molecule has 0 spiro atoms. The average molecular weight is 463 g/mol. The van der Waals surface area contributed by atoms with Crippen molar-refractivity contribution in [3.63, 3.8) is 0 Å². The summed E-state index contributed by atoms with van der Waals surface area (Å²) in [7, 11) is -5.00. The molecule has 0 aliphatic rings. The van der Waals surface area contributed by atoms with Gasteiger partial charge >= 0.3 is 10.2 Å². The van der Waals surface area contributed by atoms with Crippen LogP contribution in [0, 0.1) is 0 Å². The Labute approximate surface area is 186 Å². The van der Waals surface area contributed by atoms with E-state index in [1.807, 2.05) is 0 Å². The van der Waals surface area contributed by atoms with Crippen LogP contribution in [-0.2, 0) is 10.2 Å². The molecule has 0 bridgehead atoms. The van der Waals surface area contributed by atoms with E-state index < -0.39 is 20.4 Å². The Morgan fingerprint density at radius 2 is 1.33 bits per heavy atom. The predicted molar refractivity (Wildman–Crippen MR) is 121 cm³/mol. The van der Waals surface area contributed by atoms with Gasteiger partial charge in [-0.05, 0) is 36.2 Å². The molecule has 0 aromatic heterocycles. The highest BCUT2D eigenvalue weighted by Gasteiger charge is 2.20. The zero-order valence-electron chi connectivity index (χ0n) is 18.1. The first kappa shape index (κ1) is 26.9. The van der Waals surface area contributed by atoms with Gasteiger partial charge < -0.3 is 4.74 Å². The molecule has 0 aliphatic carbocycles. The van der Waals surface area contributed by atoms with Gasteiger partial charge in [-0.2, -0.15) is 8.42 Å². The normalized spacial score (nSPS) is 11.6. The molecule has 0 saturated carbocycles. The minimum absolute atomic E-state index is 0.0864. The number of rotatable bonds is 18. The summed E-state index contributed by atoms with van der Waals surface area (Å²) in [4.78, 5) is 10.5. The van der Waals surface area contributed by atoms with Gasteiger partial charge in [0.15, 0.2) is 0 Å². The largest absolute Gasteiger partial charge is 0.492 e. The molecule has 172 valence electrons. The molecule has 1 aromatic carbocycles. The maximum Gasteiger partial charge on any atom is 0.335 e. The van der Waals surface area contributed by atoms with Crippen molar-refractivity contribution in [1.29, 1.82) is 0 Å². The molecule has 30 heavy (non-hydrogen) atoms. The molecule has 0 saturated heterocycles. The van der Waals surface area contributed by atoms with Crippen LogP contribution >= 0.6 is 11.6 Å². The molecule has 0 amide bonds. The van der Waals surface area contributed by atoms with E-state index in [9.17, 15) is 17.1 Å². The molecule has 0 atom stereocenters. The minimum atomic E-state index is -5.00. The second-order valence-corrected chi connectivity index (χ2v) is 9.48. The van der Waals surface area contributed by atoms with Gasteiger partial charge in [0.05, 0.1) is 6.61 Å². The summed E-state index contributed by atoms with van der Waals surface area (Å²) in [5.41, 5.74) is -0.0864. The second-order valence-electron chi connectivity index (χ2n) is 7.82. The molecule has 0 fully saturated rings. The number of ether oxygens (including phenoxy) is 1. The molecule has 0 aliphatic heterocycles. The van der Waals surface area contributed by atoms with E-state index in [1.54, 1.807) is 0 Å². The van der Waals surface area contributed by atoms with E-state index in [2.05, 4.69) is 6.92 Å². The van der Waals surface area contributed by atoms with Gasteiger partial charge in [-0.15, -0.1) is 3.89 Å². The lowest BCUT2D eigenvalue weighted by Crippen LogP contribution is -2.04. The van der Waals surface area contributed by atoms with Crippen molar-refractivity contribution in [2.24, 2.45) is 0 Å². The summed E-state index contributed by atoms with van der Waals surface area (Å²) >= 11 is 5.33. The van der Waals surface area contributed by atoms with Gasteiger partial charge in [0, 0.05) is 5.56 Å². The third kappa shape index (κ3) is 11.9. The standard InChI is InChI=1S/C23H36ClFO4S/c1-2-3-4-5-6-7-8-9-10-11-12-13-14-15-18-29-21-17-16-20(23(24)26)19-22(21)30(25,27)28/h16-17,19H,2-15,18H2,1H3. The number of halogens is 2. The predicted octanol–water partition coefficient (Wildman–Crippen LogP) is 7.58. The summed E-state index contributed by atoms with van der Waals surface area (Å²) in [5.74, 6) is -0.0890. The fourth-order valence-electron chi connectivity index (χ4n) is 3.42. The monoisotopic (exact) mass is 462 g/mol. The van der Waals surface area contributed by atoms with Gasteiger partial charge in [-0.25, -0.2) is 0 Å². The molecule has 4 nitrogen and oxygen atoms in total. The van der Waals surface area contributed by atoms with Crippen molar-refractivity contribution >= 4 is 27.1 Å². The van der Waals surface area contributed by atoms with Crippen molar-refractivity contribution in [3.8, 4) is 5.75 Å². The molecule has 0 radical (unpaired) electrons. The van der Waals surface area contributed by atoms with Gasteiger partial charge in [0.25, 0.3) is 5.24 Å². The third-order valence-corrected chi connectivity index (χ3v) is 6.25. The first-order valence-electron chi connectivity index (χ1n) is 11.3. The van der Waals surface area contributed by atoms with E-state index in [0.717, 1.165) is 25.3 Å². The Balaban J connectivity index is 2.11. The Kier molecular flexibility index (Phi) is 14.0. The summed E-state index contributed by atoms with van der Waals surface area (Å²) in [6, 6.07) is 3.50. The molecule has 1 rings (SSSR count). The number of carbonyl (C=O) groups excluding carboxylic acids is 1. The lowest BCUT2D eigenvalue weighted by molar-refractivity contribution is 0.108. The number of carbonyl (C=O) groups is 1. The van der Waals surface area contributed by atoms with Crippen molar-refractivity contribution in [1.82, 2.24) is 0 Å². The Morgan fingerprint density at radius 3 is 1.77 bits per heavy atom. The molecule has 7 heteroatoms. The lowest BCUT2D eigenvalue weighted by atomic mass is 10.0. The van der Waals surface area contributed by atoms with E-state index in [4.69, 9.17) is 16.3 Å². The number of benzene rings is 1. The first-order valence-corrected chi connectivity index (χ1v) is 13.0. The summed E-state index contributed by atoms with van der Waals surface area (Å²) in [5, 5.41) is -0.849. The topological polar surface area (TPSA) is 60.4 Å². The van der Waals surface area contributed by atoms with Crippen molar-refractivity contribution in [3.05, 3.63) is 23.8 Å². The zero-order chi connectivity index (χ0) is 22.2. The van der Waals surface area contributed by atoms with Crippen molar-refractivity contribution in [2.75, 3.05) is 6.61 Å². The molecular weight excluding hydrogens is 427 g/mol. The van der Waals surface area contributed by atoms with Crippen LogP contribution in [0.25, 0.3) is 0 Å². The van der Waals surface area contributed by atoms with Crippen LogP contribution in [0.4, 0.5) is 3.89 Å². The second kappa shape index (κ2) is 15.6. The average Bonchev–Trinajstić information content (AvgIpc) is 2.70. The van der Waals surface area contributed by atoms with Crippen LogP contribution < -0.4 is 4.74 Å². The van der Waals surface area contributed by atoms with Crippen LogP contribution in [0.3, 0.4) is 0 Å². The number of hydrogen-bond acceptors (Lipinski definition) is 4. The van der Waals surface area contributed by atoms with Crippen LogP contribution in [0.1, 0.15) is 107 Å². The highest BCUT2D eigenvalue weighted by Crippen LogP contribution is 2.27. The van der Waals surface area contributed by atoms with Gasteiger partial charge in [0.1, 0.15) is 10.6 Å². The molecule has 1 aromatic rings. The molecule has 0 heterocycles. The van der Waals surface area contributed by atoms with Gasteiger partial charge in [0.2, 0.25) is 0 Å². The third-order valence-electron chi connectivity index (χ3n) is 5.19. The van der Waals surface area contributed by atoms with E-state index in [0.29, 0.717) is 6.61 Å². The maximum atomic E-state index is 13.5. The van der Waals surface area contributed by atoms with E-state index in [-0.39, 0.29) is 11.3 Å². The quantitative estimate of drug-likeness (QED) is 0.166. The Bertz CT molecular complexity index is 722. The van der Waals surface area contributed by atoms with Crippen LogP contribution in [0.15, 0.2) is 23.1 Å². The van der Waals surface area contributed by atoms with Crippen LogP contribution in [0.2, 0.25) is 0 Å².